The van der Waals surface area contributed by atoms with E-state index in [1.807, 2.05) is 0 Å². The molecule has 2 atom stereocenters. The number of hydrogen-bond donors (Lipinski definition) is 1. The fraction of sp³-hybridized carbons (Fsp3) is 0.875. The predicted molar refractivity (Wildman–Crippen MR) is 74.5 cm³/mol. The molecule has 4 bridgehead atoms. The summed E-state index contributed by atoms with van der Waals surface area (Å²) in [5, 5.41) is 9.48. The lowest BCUT2D eigenvalue weighted by Crippen LogP contribution is -2.66. The fourth-order valence-corrected chi connectivity index (χ4v) is 5.31. The predicted octanol–water partition coefficient (Wildman–Crippen LogP) is 4.42. The fourth-order valence-electron chi connectivity index (χ4n) is 5.31. The van der Waals surface area contributed by atoms with Crippen LogP contribution in [0.15, 0.2) is 0 Å². The van der Waals surface area contributed by atoms with Gasteiger partial charge in [-0.1, -0.05) is 0 Å². The first-order valence-corrected chi connectivity index (χ1v) is 8.56. The molecule has 0 radical (unpaired) electrons. The van der Waals surface area contributed by atoms with Crippen molar-refractivity contribution in [3.05, 3.63) is 0 Å². The normalized spacial score (nSPS) is 34.9. The Morgan fingerprint density at radius 1 is 0.828 bits per heavy atom. The Labute approximate surface area is 157 Å². The maximum atomic E-state index is 13.8. The monoisotopic (exact) mass is 442 g/mol. The number of alkyl halides is 9. The number of hydrogen-bond acceptors (Lipinski definition) is 3. The zero-order valence-corrected chi connectivity index (χ0v) is 14.5. The summed E-state index contributed by atoms with van der Waals surface area (Å²) in [5.74, 6) is -26.1. The Hall–Kier alpha value is -1.69. The van der Waals surface area contributed by atoms with E-state index < -0.39 is 53.3 Å². The number of ether oxygens (including phenoxy) is 1. The number of carboxylic acid groups (broad SMARTS) is 1. The molecule has 2 unspecified atom stereocenters. The summed E-state index contributed by atoms with van der Waals surface area (Å²) in [7, 11) is 0. The zero-order valence-electron chi connectivity index (χ0n) is 14.5. The van der Waals surface area contributed by atoms with Crippen LogP contribution in [0.1, 0.15) is 38.5 Å². The van der Waals surface area contributed by atoms with E-state index in [2.05, 4.69) is 4.74 Å². The van der Waals surface area contributed by atoms with Crippen LogP contribution in [0.2, 0.25) is 0 Å². The first kappa shape index (κ1) is 22.0. The van der Waals surface area contributed by atoms with Crippen LogP contribution >= 0.6 is 0 Å². The van der Waals surface area contributed by atoms with Crippen LogP contribution in [0.25, 0.3) is 0 Å². The number of carboxylic acids is 1. The molecule has 166 valence electrons. The van der Waals surface area contributed by atoms with E-state index in [-0.39, 0.29) is 37.5 Å². The molecule has 0 amide bonds. The first-order valence-electron chi connectivity index (χ1n) is 8.56. The zero-order chi connectivity index (χ0) is 22.3. The third-order valence-corrected chi connectivity index (χ3v) is 6.17. The second-order valence-corrected chi connectivity index (χ2v) is 8.34. The molecule has 4 fully saturated rings. The molecule has 4 aliphatic rings. The molecule has 0 heterocycles. The maximum absolute atomic E-state index is 13.8. The molecule has 4 saturated carbocycles. The molecule has 0 saturated heterocycles. The quantitative estimate of drug-likeness (QED) is 0.506. The van der Waals surface area contributed by atoms with E-state index in [9.17, 15) is 54.2 Å². The minimum atomic E-state index is -7.20. The Kier molecular flexibility index (Phi) is 4.50. The summed E-state index contributed by atoms with van der Waals surface area (Å²) >= 11 is 0. The van der Waals surface area contributed by atoms with Crippen molar-refractivity contribution in [2.75, 3.05) is 0 Å². The third kappa shape index (κ3) is 2.97. The summed E-state index contributed by atoms with van der Waals surface area (Å²) in [4.78, 5) is 23.4. The van der Waals surface area contributed by atoms with Gasteiger partial charge in [0.05, 0.1) is 5.41 Å². The lowest BCUT2D eigenvalue weighted by atomic mass is 9.48. The van der Waals surface area contributed by atoms with Crippen LogP contribution in [0.3, 0.4) is 0 Å². The standard InChI is InChI=1S/C16H15F9O4/c17-13(18,14(19,20)15(21,22)16(23,24)25)10(28)29-12-4-7-1-8(5-12)3-11(2-7,6-12)9(26)27/h7-8H,1-6H2,(H,26,27). The minimum Gasteiger partial charge on any atom is -0.481 e. The molecular formula is C16H15F9O4. The van der Waals surface area contributed by atoms with Crippen LogP contribution < -0.4 is 0 Å². The minimum absolute atomic E-state index is 0.150. The summed E-state index contributed by atoms with van der Waals surface area (Å²) < 4.78 is 122. The van der Waals surface area contributed by atoms with Gasteiger partial charge in [0.1, 0.15) is 5.60 Å². The molecule has 1 N–H and O–H groups in total. The molecule has 4 nitrogen and oxygen atoms in total. The van der Waals surface area contributed by atoms with Gasteiger partial charge in [0.25, 0.3) is 0 Å². The average Bonchev–Trinajstić information content (AvgIpc) is 2.51. The molecule has 4 rings (SSSR count). The lowest BCUT2D eigenvalue weighted by molar-refractivity contribution is -0.392. The van der Waals surface area contributed by atoms with Crippen molar-refractivity contribution in [3.63, 3.8) is 0 Å². The molecule has 0 aromatic rings. The van der Waals surface area contributed by atoms with Crippen molar-refractivity contribution < 1.29 is 58.9 Å². The van der Waals surface area contributed by atoms with Crippen LogP contribution in [-0.2, 0) is 14.3 Å². The Morgan fingerprint density at radius 3 is 1.72 bits per heavy atom. The molecule has 29 heavy (non-hydrogen) atoms. The smallest absolute Gasteiger partial charge is 0.460 e. The van der Waals surface area contributed by atoms with Gasteiger partial charge in [0.2, 0.25) is 0 Å². The van der Waals surface area contributed by atoms with Crippen LogP contribution in [0.5, 0.6) is 0 Å². The summed E-state index contributed by atoms with van der Waals surface area (Å²) in [5.41, 5.74) is -3.37. The van der Waals surface area contributed by atoms with E-state index >= 15 is 0 Å². The SMILES string of the molecule is O=C(O)C12CC3CC(CC(OC(=O)C(F)(F)C(F)(F)C(F)(F)C(F)(F)F)(C3)C1)C2. The van der Waals surface area contributed by atoms with Gasteiger partial charge in [-0.05, 0) is 43.9 Å². The first-order chi connectivity index (χ1) is 12.9. The van der Waals surface area contributed by atoms with Gasteiger partial charge >= 0.3 is 35.9 Å². The van der Waals surface area contributed by atoms with Crippen molar-refractivity contribution in [1.29, 1.82) is 0 Å². The second kappa shape index (κ2) is 5.93. The summed E-state index contributed by atoms with van der Waals surface area (Å²) in [6.45, 7) is 0. The van der Waals surface area contributed by atoms with E-state index in [0.717, 1.165) is 0 Å². The summed E-state index contributed by atoms with van der Waals surface area (Å²) in [6, 6.07) is 0. The van der Waals surface area contributed by atoms with Crippen LogP contribution in [0, 0.1) is 17.3 Å². The number of esters is 1. The highest BCUT2D eigenvalue weighted by atomic mass is 19.4. The second-order valence-electron chi connectivity index (χ2n) is 8.34. The van der Waals surface area contributed by atoms with Gasteiger partial charge in [-0.3, -0.25) is 4.79 Å². The molecule has 0 aromatic heterocycles. The van der Waals surface area contributed by atoms with Crippen LogP contribution in [-0.4, -0.2) is 46.6 Å². The van der Waals surface area contributed by atoms with Gasteiger partial charge in [-0.2, -0.15) is 39.5 Å². The summed E-state index contributed by atoms with van der Waals surface area (Å²) in [6.07, 6.45) is -7.05. The van der Waals surface area contributed by atoms with Gasteiger partial charge < -0.3 is 9.84 Å². The molecule has 0 spiro atoms. The number of carbonyl (C=O) groups excluding carboxylic acids is 1. The molecule has 0 aliphatic heterocycles. The highest BCUT2D eigenvalue weighted by molar-refractivity contribution is 5.80. The number of halogens is 9. The maximum Gasteiger partial charge on any atom is 0.460 e. The molecule has 0 aromatic carbocycles. The number of rotatable bonds is 5. The molecule has 4 aliphatic carbocycles. The third-order valence-electron chi connectivity index (χ3n) is 6.17. The lowest BCUT2D eigenvalue weighted by Gasteiger charge is -2.59. The largest absolute Gasteiger partial charge is 0.481 e. The topological polar surface area (TPSA) is 63.6 Å². The Bertz CT molecular complexity index is 716. The van der Waals surface area contributed by atoms with Gasteiger partial charge in [-0.25, -0.2) is 4.79 Å². The highest BCUT2D eigenvalue weighted by Gasteiger charge is 2.84. The Morgan fingerprint density at radius 2 is 1.31 bits per heavy atom. The average molecular weight is 442 g/mol. The van der Waals surface area contributed by atoms with Gasteiger partial charge in [0.15, 0.2) is 0 Å². The van der Waals surface area contributed by atoms with Gasteiger partial charge in [0, 0.05) is 6.42 Å². The number of carbonyl (C=O) groups is 2. The van der Waals surface area contributed by atoms with Crippen molar-refractivity contribution in [2.24, 2.45) is 17.3 Å². The Balaban J connectivity index is 1.89. The molecular weight excluding hydrogens is 427 g/mol. The van der Waals surface area contributed by atoms with E-state index in [4.69, 9.17) is 0 Å². The van der Waals surface area contributed by atoms with E-state index in [0.29, 0.717) is 6.42 Å². The number of aliphatic carboxylic acids is 1. The van der Waals surface area contributed by atoms with Crippen molar-refractivity contribution in [3.8, 4) is 0 Å². The van der Waals surface area contributed by atoms with Gasteiger partial charge in [-0.15, -0.1) is 0 Å². The highest BCUT2D eigenvalue weighted by Crippen LogP contribution is 2.63. The molecule has 13 heteroatoms. The van der Waals surface area contributed by atoms with Crippen molar-refractivity contribution in [2.45, 2.75) is 68.1 Å². The van der Waals surface area contributed by atoms with Crippen molar-refractivity contribution >= 4 is 11.9 Å². The van der Waals surface area contributed by atoms with E-state index in [1.54, 1.807) is 0 Å². The van der Waals surface area contributed by atoms with Crippen LogP contribution in [0.4, 0.5) is 39.5 Å². The van der Waals surface area contributed by atoms with Crippen molar-refractivity contribution in [1.82, 2.24) is 0 Å². The van der Waals surface area contributed by atoms with E-state index in [1.165, 1.54) is 0 Å².